The van der Waals surface area contributed by atoms with E-state index in [4.69, 9.17) is 4.52 Å². The van der Waals surface area contributed by atoms with Gasteiger partial charge in [0, 0.05) is 57.1 Å². The minimum absolute atomic E-state index is 0.129. The van der Waals surface area contributed by atoms with Gasteiger partial charge in [0.05, 0.1) is 11.8 Å². The number of hydrogen-bond donors (Lipinski definition) is 1. The second kappa shape index (κ2) is 5.61. The van der Waals surface area contributed by atoms with Crippen LogP contribution in [0.15, 0.2) is 10.6 Å². The van der Waals surface area contributed by atoms with Gasteiger partial charge >= 0.3 is 0 Å². The molecular weight excluding hydrogens is 290 g/mol. The molecule has 3 heterocycles. The summed E-state index contributed by atoms with van der Waals surface area (Å²) in [5.74, 6) is 1.66. The highest BCUT2D eigenvalue weighted by Gasteiger charge is 2.34. The van der Waals surface area contributed by atoms with Crippen LogP contribution in [0.3, 0.4) is 0 Å². The van der Waals surface area contributed by atoms with Gasteiger partial charge in [0.1, 0.15) is 5.76 Å². The van der Waals surface area contributed by atoms with Gasteiger partial charge in [-0.05, 0) is 6.92 Å². The molecule has 3 rings (SSSR count). The number of β-amino-alcohol motifs (C(OH)–C–C–N with tert-alkyl or cyclic N) is 1. The van der Waals surface area contributed by atoms with Gasteiger partial charge in [-0.3, -0.25) is 0 Å². The Morgan fingerprint density at radius 3 is 2.90 bits per heavy atom. The number of hydrogen-bond acceptors (Lipinski definition) is 8. The lowest BCUT2D eigenvalue weighted by molar-refractivity contribution is 0.143. The summed E-state index contributed by atoms with van der Waals surface area (Å²) in [5.41, 5.74) is 0.870. The monoisotopic (exact) mass is 309 g/mol. The van der Waals surface area contributed by atoms with Crippen LogP contribution in [0.4, 0.5) is 11.1 Å². The summed E-state index contributed by atoms with van der Waals surface area (Å²) in [4.78, 5) is 8.45. The first-order valence-electron chi connectivity index (χ1n) is 6.89. The largest absolute Gasteiger partial charge is 0.391 e. The average Bonchev–Trinajstić information content (AvgIpc) is 3.11. The summed E-state index contributed by atoms with van der Waals surface area (Å²) < 4.78 is 9.54. The minimum Gasteiger partial charge on any atom is -0.391 e. The third-order valence-corrected chi connectivity index (χ3v) is 4.39. The Kier molecular flexibility index (Phi) is 3.81. The van der Waals surface area contributed by atoms with Crippen molar-refractivity contribution in [1.82, 2.24) is 14.5 Å². The van der Waals surface area contributed by atoms with Gasteiger partial charge in [-0.25, -0.2) is 0 Å². The maximum absolute atomic E-state index is 10.2. The van der Waals surface area contributed by atoms with E-state index in [1.165, 1.54) is 11.5 Å². The van der Waals surface area contributed by atoms with Gasteiger partial charge in [-0.2, -0.15) is 9.36 Å². The molecule has 2 aromatic rings. The molecule has 0 aromatic carbocycles. The van der Waals surface area contributed by atoms with Crippen LogP contribution in [-0.4, -0.2) is 52.9 Å². The maximum Gasteiger partial charge on any atom is 0.238 e. The Hall–Kier alpha value is -1.67. The summed E-state index contributed by atoms with van der Waals surface area (Å²) in [6.45, 7) is 3.23. The fourth-order valence-electron chi connectivity index (χ4n) is 2.50. The molecule has 7 nitrogen and oxygen atoms in total. The second-order valence-corrected chi connectivity index (χ2v) is 6.37. The van der Waals surface area contributed by atoms with Crippen LogP contribution in [0.1, 0.15) is 11.5 Å². The molecule has 1 saturated heterocycles. The number of aryl methyl sites for hydroxylation is 1. The zero-order valence-electron chi connectivity index (χ0n) is 12.4. The number of aliphatic hydroxyl groups excluding tert-OH is 1. The number of anilines is 2. The zero-order chi connectivity index (χ0) is 15.0. The summed E-state index contributed by atoms with van der Waals surface area (Å²) in [6, 6.07) is 1.92. The quantitative estimate of drug-likeness (QED) is 0.900. The van der Waals surface area contributed by atoms with Crippen molar-refractivity contribution in [2.45, 2.75) is 19.4 Å². The maximum atomic E-state index is 10.2. The fraction of sp³-hybridized carbons (Fsp3) is 0.615. The first kappa shape index (κ1) is 14.3. The van der Waals surface area contributed by atoms with Crippen molar-refractivity contribution in [2.24, 2.45) is 5.92 Å². The Labute approximate surface area is 127 Å². The third kappa shape index (κ3) is 3.01. The second-order valence-electron chi connectivity index (χ2n) is 5.64. The Balaban J connectivity index is 1.67. The molecule has 1 aliphatic heterocycles. The fourth-order valence-corrected chi connectivity index (χ4v) is 3.25. The molecule has 1 aliphatic rings. The summed E-state index contributed by atoms with van der Waals surface area (Å²) in [7, 11) is 3.83. The molecule has 8 heteroatoms. The summed E-state index contributed by atoms with van der Waals surface area (Å²) in [5, 5.41) is 15.0. The highest BCUT2D eigenvalue weighted by Crippen LogP contribution is 2.29. The smallest absolute Gasteiger partial charge is 0.238 e. The van der Waals surface area contributed by atoms with Crippen molar-refractivity contribution in [3.63, 3.8) is 0 Å². The Morgan fingerprint density at radius 1 is 1.48 bits per heavy atom. The van der Waals surface area contributed by atoms with E-state index >= 15 is 0 Å². The lowest BCUT2D eigenvalue weighted by atomic mass is 10.0. The Morgan fingerprint density at radius 2 is 2.29 bits per heavy atom. The van der Waals surface area contributed by atoms with Crippen LogP contribution < -0.4 is 9.80 Å². The van der Waals surface area contributed by atoms with Gasteiger partial charge < -0.3 is 19.4 Å². The van der Waals surface area contributed by atoms with E-state index in [-0.39, 0.29) is 12.0 Å². The van der Waals surface area contributed by atoms with E-state index in [1.807, 2.05) is 32.0 Å². The number of rotatable bonds is 4. The molecule has 21 heavy (non-hydrogen) atoms. The Bertz CT molecular complexity index is 611. The molecule has 114 valence electrons. The normalized spacial score (nSPS) is 22.0. The summed E-state index contributed by atoms with van der Waals surface area (Å²) >= 11 is 1.37. The van der Waals surface area contributed by atoms with Crippen molar-refractivity contribution in [3.05, 3.63) is 17.5 Å². The first-order valence-corrected chi connectivity index (χ1v) is 7.66. The van der Waals surface area contributed by atoms with Gasteiger partial charge in [-0.1, -0.05) is 5.16 Å². The molecular formula is C13H19N5O2S. The molecule has 0 saturated carbocycles. The van der Waals surface area contributed by atoms with Crippen LogP contribution >= 0.6 is 11.5 Å². The molecule has 1 N–H and O–H groups in total. The van der Waals surface area contributed by atoms with Gasteiger partial charge in [0.15, 0.2) is 0 Å². The lowest BCUT2D eigenvalue weighted by Gasteiger charge is -2.13. The average molecular weight is 309 g/mol. The van der Waals surface area contributed by atoms with E-state index in [0.717, 1.165) is 23.1 Å². The molecule has 0 aliphatic carbocycles. The van der Waals surface area contributed by atoms with Gasteiger partial charge in [0.2, 0.25) is 11.1 Å². The lowest BCUT2D eigenvalue weighted by Crippen LogP contribution is -2.21. The standard InChI is InChI=1S/C13H19N5O2S/c1-8-4-10(20-15-8)5-9-6-18(7-11(9)19)13-14-12(16-21-13)17(2)3/h4,9,11,19H,5-7H2,1-3H3/t9-,11-/m1/s1. The SMILES string of the molecule is Cc1cc(C[C@@H]2CN(c3nc(N(C)C)ns3)C[C@H]2O)on1. The van der Waals surface area contributed by atoms with Crippen LogP contribution in [0.5, 0.6) is 0 Å². The van der Waals surface area contributed by atoms with Crippen LogP contribution in [0, 0.1) is 12.8 Å². The van der Waals surface area contributed by atoms with E-state index in [1.54, 1.807) is 0 Å². The van der Waals surface area contributed by atoms with E-state index in [2.05, 4.69) is 19.4 Å². The first-order chi connectivity index (χ1) is 10.0. The number of nitrogens with zero attached hydrogens (tertiary/aromatic N) is 5. The minimum atomic E-state index is -0.387. The van der Waals surface area contributed by atoms with Gasteiger partial charge in [-0.15, -0.1) is 0 Å². The van der Waals surface area contributed by atoms with Crippen molar-refractivity contribution in [1.29, 1.82) is 0 Å². The van der Waals surface area contributed by atoms with Crippen molar-refractivity contribution in [3.8, 4) is 0 Å². The highest BCUT2D eigenvalue weighted by atomic mass is 32.1. The van der Waals surface area contributed by atoms with Crippen LogP contribution in [-0.2, 0) is 6.42 Å². The predicted octanol–water partition coefficient (Wildman–Crippen LogP) is 0.940. The number of aliphatic hydroxyl groups is 1. The molecule has 0 radical (unpaired) electrons. The molecule has 2 atom stereocenters. The van der Waals surface area contributed by atoms with E-state index in [0.29, 0.717) is 18.9 Å². The number of aromatic nitrogens is 3. The van der Waals surface area contributed by atoms with Crippen molar-refractivity contribution < 1.29 is 9.63 Å². The van der Waals surface area contributed by atoms with E-state index < -0.39 is 0 Å². The van der Waals surface area contributed by atoms with E-state index in [9.17, 15) is 5.11 Å². The third-order valence-electron chi connectivity index (χ3n) is 3.62. The molecule has 0 bridgehead atoms. The molecule has 0 spiro atoms. The van der Waals surface area contributed by atoms with Crippen LogP contribution in [0.2, 0.25) is 0 Å². The zero-order valence-corrected chi connectivity index (χ0v) is 13.2. The molecule has 1 fully saturated rings. The molecule has 2 aromatic heterocycles. The predicted molar refractivity (Wildman–Crippen MR) is 80.9 cm³/mol. The van der Waals surface area contributed by atoms with Crippen LogP contribution in [0.25, 0.3) is 0 Å². The van der Waals surface area contributed by atoms with Crippen molar-refractivity contribution in [2.75, 3.05) is 37.0 Å². The van der Waals surface area contributed by atoms with Gasteiger partial charge in [0.25, 0.3) is 0 Å². The summed E-state index contributed by atoms with van der Waals surface area (Å²) in [6.07, 6.45) is 0.305. The molecule has 0 amide bonds. The topological polar surface area (TPSA) is 78.5 Å². The van der Waals surface area contributed by atoms with Crippen molar-refractivity contribution >= 4 is 22.6 Å². The highest BCUT2D eigenvalue weighted by molar-refractivity contribution is 7.09. The molecule has 0 unspecified atom stereocenters.